The zero-order chi connectivity index (χ0) is 10.1. The Balaban J connectivity index is 2.60. The molecule has 2 rings (SSSR count). The second kappa shape index (κ2) is 3.42. The van der Waals surface area contributed by atoms with E-state index >= 15 is 0 Å². The largest absolute Gasteiger partial charge is 0.480 e. The maximum absolute atomic E-state index is 10.6. The minimum Gasteiger partial charge on any atom is -0.480 e. The molecule has 0 bridgehead atoms. The van der Waals surface area contributed by atoms with Gasteiger partial charge in [0.25, 0.3) is 0 Å². The van der Waals surface area contributed by atoms with Crippen molar-refractivity contribution in [2.24, 2.45) is 0 Å². The molecule has 4 nitrogen and oxygen atoms in total. The highest BCUT2D eigenvalue weighted by Gasteiger charge is 2.08. The van der Waals surface area contributed by atoms with E-state index in [0.717, 1.165) is 15.5 Å². The van der Waals surface area contributed by atoms with Crippen LogP contribution in [0.1, 0.15) is 0 Å². The third-order valence-corrected chi connectivity index (χ3v) is 2.48. The molecule has 2 aromatic rings. The van der Waals surface area contributed by atoms with E-state index in [0.29, 0.717) is 0 Å². The lowest BCUT2D eigenvalue weighted by Gasteiger charge is -1.98. The molecular formula is C9H7BrN2O2. The molecule has 0 unspecified atom stereocenters. The maximum atomic E-state index is 10.6. The van der Waals surface area contributed by atoms with Crippen LogP contribution in [0.5, 0.6) is 0 Å². The van der Waals surface area contributed by atoms with Gasteiger partial charge in [-0.25, -0.2) is 0 Å². The van der Waals surface area contributed by atoms with Crippen molar-refractivity contribution >= 4 is 32.9 Å². The smallest absolute Gasteiger partial charge is 0.323 e. The minimum atomic E-state index is -0.863. The number of aromatic nitrogens is 2. The number of carboxylic acid groups (broad SMARTS) is 1. The molecule has 0 atom stereocenters. The topological polar surface area (TPSA) is 55.1 Å². The molecule has 0 saturated carbocycles. The van der Waals surface area contributed by atoms with Crippen LogP contribution in [0.3, 0.4) is 0 Å². The quantitative estimate of drug-likeness (QED) is 0.891. The van der Waals surface area contributed by atoms with Crippen molar-refractivity contribution in [1.29, 1.82) is 0 Å². The van der Waals surface area contributed by atoms with E-state index in [2.05, 4.69) is 20.9 Å². The highest BCUT2D eigenvalue weighted by molar-refractivity contribution is 9.10. The SMILES string of the molecule is O=C(O)Cn1cc(Br)c2ncccc21. The van der Waals surface area contributed by atoms with E-state index in [1.165, 1.54) is 0 Å². The molecule has 0 saturated heterocycles. The van der Waals surface area contributed by atoms with Crippen LogP contribution in [0, 0.1) is 0 Å². The number of aliphatic carboxylic acids is 1. The Kier molecular flexibility index (Phi) is 2.25. The highest BCUT2D eigenvalue weighted by atomic mass is 79.9. The van der Waals surface area contributed by atoms with Gasteiger partial charge in [0, 0.05) is 12.4 Å². The van der Waals surface area contributed by atoms with Crippen molar-refractivity contribution in [3.8, 4) is 0 Å². The van der Waals surface area contributed by atoms with E-state index < -0.39 is 5.97 Å². The maximum Gasteiger partial charge on any atom is 0.323 e. The molecule has 0 aliphatic heterocycles. The monoisotopic (exact) mass is 254 g/mol. The van der Waals surface area contributed by atoms with E-state index in [1.807, 2.05) is 6.07 Å². The van der Waals surface area contributed by atoms with Gasteiger partial charge in [-0.2, -0.15) is 0 Å². The summed E-state index contributed by atoms with van der Waals surface area (Å²) in [5, 5.41) is 8.68. The van der Waals surface area contributed by atoms with Gasteiger partial charge in [-0.05, 0) is 28.1 Å². The average Bonchev–Trinajstić information content (AvgIpc) is 2.44. The van der Waals surface area contributed by atoms with Gasteiger partial charge in [-0.1, -0.05) is 0 Å². The molecule has 5 heteroatoms. The van der Waals surface area contributed by atoms with Crippen LogP contribution in [-0.4, -0.2) is 20.6 Å². The van der Waals surface area contributed by atoms with Gasteiger partial charge in [0.15, 0.2) is 0 Å². The predicted octanol–water partition coefficient (Wildman–Crippen LogP) is 1.88. The van der Waals surface area contributed by atoms with Crippen LogP contribution < -0.4 is 0 Å². The summed E-state index contributed by atoms with van der Waals surface area (Å²) in [7, 11) is 0. The molecule has 2 heterocycles. The Labute approximate surface area is 88.3 Å². The van der Waals surface area contributed by atoms with Crippen LogP contribution in [-0.2, 0) is 11.3 Å². The molecule has 0 radical (unpaired) electrons. The lowest BCUT2D eigenvalue weighted by atomic mass is 10.4. The van der Waals surface area contributed by atoms with Crippen LogP contribution in [0.4, 0.5) is 0 Å². The fraction of sp³-hybridized carbons (Fsp3) is 0.111. The molecule has 0 amide bonds. The zero-order valence-electron chi connectivity index (χ0n) is 7.14. The third-order valence-electron chi connectivity index (χ3n) is 1.90. The first-order valence-electron chi connectivity index (χ1n) is 3.99. The van der Waals surface area contributed by atoms with Crippen molar-refractivity contribution in [2.45, 2.75) is 6.54 Å². The van der Waals surface area contributed by atoms with Crippen molar-refractivity contribution in [2.75, 3.05) is 0 Å². The van der Waals surface area contributed by atoms with Gasteiger partial charge in [0.05, 0.1) is 9.99 Å². The number of hydrogen-bond acceptors (Lipinski definition) is 2. The lowest BCUT2D eigenvalue weighted by molar-refractivity contribution is -0.137. The number of pyridine rings is 1. The van der Waals surface area contributed by atoms with Crippen LogP contribution in [0.2, 0.25) is 0 Å². The molecule has 0 aliphatic carbocycles. The first kappa shape index (κ1) is 9.21. The Morgan fingerprint density at radius 2 is 2.43 bits per heavy atom. The van der Waals surface area contributed by atoms with Crippen molar-refractivity contribution in [3.63, 3.8) is 0 Å². The number of fused-ring (bicyclic) bond motifs is 1. The molecule has 1 N–H and O–H groups in total. The summed E-state index contributed by atoms with van der Waals surface area (Å²) in [6, 6.07) is 3.63. The van der Waals surface area contributed by atoms with Gasteiger partial charge in [0.1, 0.15) is 12.1 Å². The summed E-state index contributed by atoms with van der Waals surface area (Å²) >= 11 is 3.33. The normalized spacial score (nSPS) is 10.6. The summed E-state index contributed by atoms with van der Waals surface area (Å²) < 4.78 is 2.46. The summed E-state index contributed by atoms with van der Waals surface area (Å²) in [5.74, 6) is -0.863. The van der Waals surface area contributed by atoms with E-state index in [4.69, 9.17) is 5.11 Å². The molecule has 0 fully saturated rings. The predicted molar refractivity (Wildman–Crippen MR) is 55.1 cm³/mol. The number of nitrogens with zero attached hydrogens (tertiary/aromatic N) is 2. The number of hydrogen-bond donors (Lipinski definition) is 1. The Hall–Kier alpha value is -1.36. The Bertz CT molecular complexity index is 493. The number of carbonyl (C=O) groups is 1. The van der Waals surface area contributed by atoms with E-state index in [-0.39, 0.29) is 6.54 Å². The third kappa shape index (κ3) is 1.50. The van der Waals surface area contributed by atoms with Crippen molar-refractivity contribution in [1.82, 2.24) is 9.55 Å². The second-order valence-corrected chi connectivity index (χ2v) is 3.72. The van der Waals surface area contributed by atoms with Gasteiger partial charge in [-0.15, -0.1) is 0 Å². The van der Waals surface area contributed by atoms with Crippen molar-refractivity contribution in [3.05, 3.63) is 29.0 Å². The molecule has 0 aliphatic rings. The molecular weight excluding hydrogens is 248 g/mol. The van der Waals surface area contributed by atoms with Gasteiger partial charge >= 0.3 is 5.97 Å². The van der Waals surface area contributed by atoms with Gasteiger partial charge in [0.2, 0.25) is 0 Å². The molecule has 72 valence electrons. The molecule has 14 heavy (non-hydrogen) atoms. The first-order chi connectivity index (χ1) is 6.68. The van der Waals surface area contributed by atoms with Gasteiger partial charge < -0.3 is 9.67 Å². The van der Waals surface area contributed by atoms with Crippen molar-refractivity contribution < 1.29 is 9.90 Å². The van der Waals surface area contributed by atoms with E-state index in [1.54, 1.807) is 23.0 Å². The standard InChI is InChI=1S/C9H7BrN2O2/c10-6-4-12(5-8(13)14)7-2-1-3-11-9(6)7/h1-4H,5H2,(H,13,14). The fourth-order valence-corrected chi connectivity index (χ4v) is 1.91. The molecule has 2 aromatic heterocycles. The molecule has 0 spiro atoms. The van der Waals surface area contributed by atoms with E-state index in [9.17, 15) is 4.79 Å². The fourth-order valence-electron chi connectivity index (χ4n) is 1.36. The summed E-state index contributed by atoms with van der Waals surface area (Å²) in [6.07, 6.45) is 3.41. The van der Waals surface area contributed by atoms with Crippen LogP contribution in [0.15, 0.2) is 29.0 Å². The summed E-state index contributed by atoms with van der Waals surface area (Å²) in [4.78, 5) is 14.7. The number of rotatable bonds is 2. The average molecular weight is 255 g/mol. The van der Waals surface area contributed by atoms with Gasteiger partial charge in [-0.3, -0.25) is 9.78 Å². The lowest BCUT2D eigenvalue weighted by Crippen LogP contribution is -2.07. The summed E-state index contributed by atoms with van der Waals surface area (Å²) in [5.41, 5.74) is 1.61. The number of carboxylic acids is 1. The Morgan fingerprint density at radius 1 is 1.64 bits per heavy atom. The first-order valence-corrected chi connectivity index (χ1v) is 4.79. The van der Waals surface area contributed by atoms with Crippen LogP contribution in [0.25, 0.3) is 11.0 Å². The molecule has 0 aromatic carbocycles. The second-order valence-electron chi connectivity index (χ2n) is 2.87. The Morgan fingerprint density at radius 3 is 3.14 bits per heavy atom. The summed E-state index contributed by atoms with van der Waals surface area (Å²) in [6.45, 7) is -0.0478. The minimum absolute atomic E-state index is 0.0478. The number of halogens is 1. The zero-order valence-corrected chi connectivity index (χ0v) is 8.73. The highest BCUT2D eigenvalue weighted by Crippen LogP contribution is 2.23. The van der Waals surface area contributed by atoms with Crippen LogP contribution >= 0.6 is 15.9 Å².